The normalized spacial score (nSPS) is 11.8. The molecule has 0 aliphatic carbocycles. The third-order valence-corrected chi connectivity index (χ3v) is 3.25. The molecule has 0 saturated carbocycles. The third kappa shape index (κ3) is 13.3. The molecule has 0 heterocycles. The SMILES string of the molecule is C=C=CC(=CN=CN(C)CCCC=CCCCCCC)C(=O)O. The maximum atomic E-state index is 10.9. The van der Waals surface area contributed by atoms with E-state index in [0.29, 0.717) is 0 Å². The lowest BCUT2D eigenvalue weighted by molar-refractivity contribution is -0.132. The summed E-state index contributed by atoms with van der Waals surface area (Å²) in [7, 11) is 1.93. The first kappa shape index (κ1) is 20.9. The Morgan fingerprint density at radius 1 is 1.22 bits per heavy atom. The van der Waals surface area contributed by atoms with E-state index < -0.39 is 5.97 Å². The van der Waals surface area contributed by atoms with Crippen LogP contribution in [0.4, 0.5) is 0 Å². The third-order valence-electron chi connectivity index (χ3n) is 3.25. The van der Waals surface area contributed by atoms with Crippen molar-refractivity contribution in [1.29, 1.82) is 0 Å². The summed E-state index contributed by atoms with van der Waals surface area (Å²) in [6, 6.07) is 0. The quantitative estimate of drug-likeness (QED) is 0.103. The summed E-state index contributed by atoms with van der Waals surface area (Å²) in [5.74, 6) is -1.04. The van der Waals surface area contributed by atoms with E-state index >= 15 is 0 Å². The summed E-state index contributed by atoms with van der Waals surface area (Å²) in [6.07, 6.45) is 17.3. The Balaban J connectivity index is 3.90. The number of unbranched alkanes of at least 4 members (excludes halogenated alkanes) is 5. The van der Waals surface area contributed by atoms with Gasteiger partial charge in [-0.2, -0.15) is 0 Å². The molecule has 0 aromatic rings. The number of carboxylic acid groups (broad SMARTS) is 1. The molecule has 0 aliphatic rings. The minimum atomic E-state index is -1.04. The Kier molecular flexibility index (Phi) is 13.5. The number of aliphatic carboxylic acids is 1. The van der Waals surface area contributed by atoms with Crippen LogP contribution in [-0.4, -0.2) is 35.9 Å². The van der Waals surface area contributed by atoms with Crippen LogP contribution in [0.3, 0.4) is 0 Å². The molecule has 0 amide bonds. The van der Waals surface area contributed by atoms with Crippen LogP contribution in [-0.2, 0) is 4.79 Å². The highest BCUT2D eigenvalue weighted by molar-refractivity contribution is 5.89. The molecule has 0 rings (SSSR count). The largest absolute Gasteiger partial charge is 0.478 e. The molecule has 0 atom stereocenters. The van der Waals surface area contributed by atoms with E-state index in [1.54, 1.807) is 6.34 Å². The van der Waals surface area contributed by atoms with Crippen molar-refractivity contribution in [3.63, 3.8) is 0 Å². The van der Waals surface area contributed by atoms with Crippen LogP contribution in [0.5, 0.6) is 0 Å². The van der Waals surface area contributed by atoms with Crippen molar-refractivity contribution in [1.82, 2.24) is 4.90 Å². The zero-order chi connectivity index (χ0) is 17.3. The number of rotatable bonds is 13. The van der Waals surface area contributed by atoms with Gasteiger partial charge in [0.1, 0.15) is 0 Å². The van der Waals surface area contributed by atoms with Crippen molar-refractivity contribution in [2.75, 3.05) is 13.6 Å². The molecule has 0 radical (unpaired) electrons. The van der Waals surface area contributed by atoms with Gasteiger partial charge in [-0.05, 0) is 31.8 Å². The first-order chi connectivity index (χ1) is 11.1. The molecule has 0 bridgehead atoms. The lowest BCUT2D eigenvalue weighted by Crippen LogP contribution is -2.17. The fraction of sp³-hybridized carbons (Fsp3) is 0.526. The van der Waals surface area contributed by atoms with Gasteiger partial charge in [-0.1, -0.05) is 44.9 Å². The van der Waals surface area contributed by atoms with Crippen molar-refractivity contribution in [2.24, 2.45) is 4.99 Å². The number of hydrogen-bond acceptors (Lipinski definition) is 2. The number of carbonyl (C=O) groups is 1. The van der Waals surface area contributed by atoms with E-state index in [4.69, 9.17) is 5.11 Å². The average molecular weight is 318 g/mol. The molecule has 1 N–H and O–H groups in total. The van der Waals surface area contributed by atoms with Gasteiger partial charge in [0.15, 0.2) is 0 Å². The monoisotopic (exact) mass is 318 g/mol. The topological polar surface area (TPSA) is 52.9 Å². The summed E-state index contributed by atoms with van der Waals surface area (Å²) >= 11 is 0. The van der Waals surface area contributed by atoms with Gasteiger partial charge in [-0.25, -0.2) is 9.79 Å². The molecule has 0 fully saturated rings. The summed E-state index contributed by atoms with van der Waals surface area (Å²) in [6.45, 7) is 6.47. The lowest BCUT2D eigenvalue weighted by atomic mass is 10.1. The summed E-state index contributed by atoms with van der Waals surface area (Å²) < 4.78 is 0. The second-order valence-corrected chi connectivity index (χ2v) is 5.45. The number of carboxylic acids is 1. The Labute approximate surface area is 140 Å². The Morgan fingerprint density at radius 2 is 1.91 bits per heavy atom. The zero-order valence-electron chi connectivity index (χ0n) is 14.5. The van der Waals surface area contributed by atoms with Crippen LogP contribution in [0.15, 0.2) is 47.3 Å². The molecule has 0 saturated heterocycles. The summed E-state index contributed by atoms with van der Waals surface area (Å²) in [5.41, 5.74) is 2.50. The van der Waals surface area contributed by atoms with Gasteiger partial charge < -0.3 is 10.0 Å². The second-order valence-electron chi connectivity index (χ2n) is 5.45. The molecule has 4 heteroatoms. The smallest absolute Gasteiger partial charge is 0.337 e. The molecule has 128 valence electrons. The number of hydrogen-bond donors (Lipinski definition) is 1. The average Bonchev–Trinajstić information content (AvgIpc) is 2.52. The highest BCUT2D eigenvalue weighted by Gasteiger charge is 2.00. The Bertz CT molecular complexity index is 454. The van der Waals surface area contributed by atoms with Crippen LogP contribution in [0.25, 0.3) is 0 Å². The highest BCUT2D eigenvalue weighted by atomic mass is 16.4. The van der Waals surface area contributed by atoms with Crippen LogP contribution >= 0.6 is 0 Å². The van der Waals surface area contributed by atoms with E-state index in [-0.39, 0.29) is 5.57 Å². The van der Waals surface area contributed by atoms with Crippen LogP contribution in [0, 0.1) is 0 Å². The predicted octanol–water partition coefficient (Wildman–Crippen LogP) is 4.56. The van der Waals surface area contributed by atoms with E-state index in [0.717, 1.165) is 19.4 Å². The van der Waals surface area contributed by atoms with Crippen molar-refractivity contribution in [2.45, 2.75) is 51.9 Å². The molecule has 0 spiro atoms. The molecular weight excluding hydrogens is 288 g/mol. The molecule has 0 aromatic carbocycles. The summed E-state index contributed by atoms with van der Waals surface area (Å²) in [4.78, 5) is 16.8. The Morgan fingerprint density at radius 3 is 2.52 bits per heavy atom. The maximum Gasteiger partial charge on any atom is 0.337 e. The van der Waals surface area contributed by atoms with Crippen LogP contribution < -0.4 is 0 Å². The fourth-order valence-electron chi connectivity index (χ4n) is 1.93. The molecule has 4 nitrogen and oxygen atoms in total. The van der Waals surface area contributed by atoms with Gasteiger partial charge >= 0.3 is 5.97 Å². The van der Waals surface area contributed by atoms with Gasteiger partial charge in [0.05, 0.1) is 11.9 Å². The molecule has 23 heavy (non-hydrogen) atoms. The Hall–Kier alpha value is -2.06. The first-order valence-electron chi connectivity index (χ1n) is 8.29. The molecular formula is C19H30N2O2. The highest BCUT2D eigenvalue weighted by Crippen LogP contribution is 2.04. The number of aliphatic imine (C=N–C) groups is 1. The van der Waals surface area contributed by atoms with Crippen molar-refractivity contribution >= 4 is 12.3 Å². The van der Waals surface area contributed by atoms with Crippen molar-refractivity contribution in [3.05, 3.63) is 42.3 Å². The van der Waals surface area contributed by atoms with Gasteiger partial charge in [0.2, 0.25) is 0 Å². The van der Waals surface area contributed by atoms with Crippen molar-refractivity contribution in [3.8, 4) is 0 Å². The van der Waals surface area contributed by atoms with E-state index in [1.165, 1.54) is 44.4 Å². The zero-order valence-corrected chi connectivity index (χ0v) is 14.5. The standard InChI is InChI=1S/C19H30N2O2/c1-4-6-7-8-9-10-11-12-13-15-21(3)17-20-16-18(14-5-2)19(22)23/h10-11,14,16-17H,2,4,6-9,12-13,15H2,1,3H3,(H,22,23). The van der Waals surface area contributed by atoms with Gasteiger partial charge in [-0.3, -0.25) is 0 Å². The fourth-order valence-corrected chi connectivity index (χ4v) is 1.93. The molecule has 0 aliphatic heterocycles. The number of allylic oxidation sites excluding steroid dienone is 2. The maximum absolute atomic E-state index is 10.9. The van der Waals surface area contributed by atoms with Gasteiger partial charge in [0.25, 0.3) is 0 Å². The number of nitrogens with zero attached hydrogens (tertiary/aromatic N) is 2. The predicted molar refractivity (Wildman–Crippen MR) is 97.7 cm³/mol. The van der Waals surface area contributed by atoms with E-state index in [9.17, 15) is 4.79 Å². The minimum Gasteiger partial charge on any atom is -0.478 e. The summed E-state index contributed by atoms with van der Waals surface area (Å²) in [5, 5.41) is 8.90. The van der Waals surface area contributed by atoms with Gasteiger partial charge in [-0.15, -0.1) is 5.73 Å². The van der Waals surface area contributed by atoms with Crippen LogP contribution in [0.2, 0.25) is 0 Å². The lowest BCUT2D eigenvalue weighted by Gasteiger charge is -2.11. The minimum absolute atomic E-state index is 0.0654. The van der Waals surface area contributed by atoms with Gasteiger partial charge in [0, 0.05) is 19.8 Å². The first-order valence-corrected chi connectivity index (χ1v) is 8.29. The second kappa shape index (κ2) is 14.9. The molecule has 0 unspecified atom stereocenters. The van der Waals surface area contributed by atoms with Crippen LogP contribution in [0.1, 0.15) is 51.9 Å². The molecule has 0 aromatic heterocycles. The van der Waals surface area contributed by atoms with Crippen molar-refractivity contribution < 1.29 is 9.90 Å². The van der Waals surface area contributed by atoms with E-state index in [2.05, 4.69) is 36.4 Å². The van der Waals surface area contributed by atoms with E-state index in [1.807, 2.05) is 11.9 Å².